The van der Waals surface area contributed by atoms with Crippen molar-refractivity contribution < 1.29 is 9.53 Å². The second-order valence-corrected chi connectivity index (χ2v) is 8.37. The Balaban J connectivity index is 1.69. The average molecular weight is 425 g/mol. The van der Waals surface area contributed by atoms with Crippen molar-refractivity contribution in [3.63, 3.8) is 0 Å². The molecule has 1 amide bonds. The predicted octanol–water partition coefficient (Wildman–Crippen LogP) is 4.31. The highest BCUT2D eigenvalue weighted by Crippen LogP contribution is 2.26. The van der Waals surface area contributed by atoms with Crippen molar-refractivity contribution in [1.82, 2.24) is 14.9 Å². The Kier molecular flexibility index (Phi) is 8.27. The van der Waals surface area contributed by atoms with Gasteiger partial charge < -0.3 is 14.5 Å². The highest BCUT2D eigenvalue weighted by Gasteiger charge is 2.24. The third-order valence-electron chi connectivity index (χ3n) is 6.00. The van der Waals surface area contributed by atoms with Crippen LogP contribution in [0.2, 0.25) is 0 Å². The van der Waals surface area contributed by atoms with Gasteiger partial charge in [-0.2, -0.15) is 0 Å². The number of aryl methyl sites for hydroxylation is 2. The summed E-state index contributed by atoms with van der Waals surface area (Å²) in [5.74, 6) is 2.94. The lowest BCUT2D eigenvalue weighted by atomic mass is 10.0. The third kappa shape index (κ3) is 6.18. The van der Waals surface area contributed by atoms with Crippen LogP contribution in [0.3, 0.4) is 0 Å². The molecule has 1 aliphatic rings. The van der Waals surface area contributed by atoms with Crippen LogP contribution >= 0.6 is 0 Å². The van der Waals surface area contributed by atoms with E-state index in [9.17, 15) is 4.79 Å². The number of benzene rings is 1. The van der Waals surface area contributed by atoms with Crippen LogP contribution in [0, 0.1) is 13.8 Å². The Morgan fingerprint density at radius 1 is 1.06 bits per heavy atom. The zero-order valence-corrected chi connectivity index (χ0v) is 19.5. The van der Waals surface area contributed by atoms with E-state index in [1.165, 1.54) is 18.4 Å². The molecule has 6 nitrogen and oxygen atoms in total. The third-order valence-corrected chi connectivity index (χ3v) is 6.00. The van der Waals surface area contributed by atoms with Gasteiger partial charge in [0, 0.05) is 50.3 Å². The summed E-state index contributed by atoms with van der Waals surface area (Å²) in [6.07, 6.45) is 5.99. The Hall–Kier alpha value is -2.63. The number of rotatable bonds is 9. The molecule has 0 spiro atoms. The Morgan fingerprint density at radius 3 is 2.55 bits per heavy atom. The molecule has 31 heavy (non-hydrogen) atoms. The first-order valence-corrected chi connectivity index (χ1v) is 11.5. The standard InChI is InChI=1S/C25H36N4O2/c1-5-6-7-8-12-24(30)28-13-15-29(16-14-28)25-23(19(2)26-20(3)27-25)18-21-10-9-11-22(17-21)31-4/h9-11,17H,5-8,12-16,18H2,1-4H3. The summed E-state index contributed by atoms with van der Waals surface area (Å²) in [7, 11) is 1.69. The summed E-state index contributed by atoms with van der Waals surface area (Å²) in [6, 6.07) is 8.16. The van der Waals surface area contributed by atoms with Crippen LogP contribution in [0.5, 0.6) is 5.75 Å². The molecule has 1 aromatic carbocycles. The van der Waals surface area contributed by atoms with E-state index in [0.717, 1.165) is 74.1 Å². The van der Waals surface area contributed by atoms with E-state index in [0.29, 0.717) is 12.3 Å². The summed E-state index contributed by atoms with van der Waals surface area (Å²) >= 11 is 0. The van der Waals surface area contributed by atoms with E-state index in [4.69, 9.17) is 9.72 Å². The molecule has 3 rings (SSSR count). The largest absolute Gasteiger partial charge is 0.497 e. The number of anilines is 1. The van der Waals surface area contributed by atoms with Crippen LogP contribution in [0.15, 0.2) is 24.3 Å². The van der Waals surface area contributed by atoms with Crippen LogP contribution in [0.1, 0.15) is 61.7 Å². The number of hydrogen-bond donors (Lipinski definition) is 0. The van der Waals surface area contributed by atoms with Gasteiger partial charge in [-0.1, -0.05) is 38.3 Å². The lowest BCUT2D eigenvalue weighted by Crippen LogP contribution is -2.49. The quantitative estimate of drug-likeness (QED) is 0.562. The maximum Gasteiger partial charge on any atom is 0.222 e. The number of amides is 1. The van der Waals surface area contributed by atoms with Gasteiger partial charge in [-0.05, 0) is 38.0 Å². The maximum atomic E-state index is 12.6. The van der Waals surface area contributed by atoms with E-state index in [-0.39, 0.29) is 0 Å². The second kappa shape index (κ2) is 11.1. The molecule has 1 aliphatic heterocycles. The number of carbonyl (C=O) groups excluding carboxylic acids is 1. The maximum absolute atomic E-state index is 12.6. The zero-order chi connectivity index (χ0) is 22.2. The topological polar surface area (TPSA) is 58.6 Å². The number of aromatic nitrogens is 2. The summed E-state index contributed by atoms with van der Waals surface area (Å²) in [5, 5.41) is 0. The fourth-order valence-corrected chi connectivity index (χ4v) is 4.20. The predicted molar refractivity (Wildman–Crippen MR) is 125 cm³/mol. The van der Waals surface area contributed by atoms with E-state index in [2.05, 4.69) is 35.9 Å². The van der Waals surface area contributed by atoms with E-state index < -0.39 is 0 Å². The lowest BCUT2D eigenvalue weighted by Gasteiger charge is -2.36. The zero-order valence-electron chi connectivity index (χ0n) is 19.5. The molecular formula is C25H36N4O2. The van der Waals surface area contributed by atoms with Gasteiger partial charge >= 0.3 is 0 Å². The Labute approximate surface area is 186 Å². The number of nitrogens with zero attached hydrogens (tertiary/aromatic N) is 4. The highest BCUT2D eigenvalue weighted by molar-refractivity contribution is 5.76. The Morgan fingerprint density at radius 2 is 1.84 bits per heavy atom. The minimum absolute atomic E-state index is 0.294. The second-order valence-electron chi connectivity index (χ2n) is 8.37. The van der Waals surface area contributed by atoms with Crippen molar-refractivity contribution in [1.29, 1.82) is 0 Å². The van der Waals surface area contributed by atoms with Crippen LogP contribution in [-0.4, -0.2) is 54.1 Å². The number of piperazine rings is 1. The van der Waals surface area contributed by atoms with Crippen molar-refractivity contribution in [2.45, 2.75) is 59.3 Å². The van der Waals surface area contributed by atoms with Gasteiger partial charge in [0.25, 0.3) is 0 Å². The van der Waals surface area contributed by atoms with Crippen molar-refractivity contribution >= 4 is 11.7 Å². The van der Waals surface area contributed by atoms with Crippen LogP contribution in [0.25, 0.3) is 0 Å². The highest BCUT2D eigenvalue weighted by atomic mass is 16.5. The molecule has 6 heteroatoms. The van der Waals surface area contributed by atoms with Gasteiger partial charge in [-0.25, -0.2) is 9.97 Å². The van der Waals surface area contributed by atoms with Gasteiger partial charge in [-0.15, -0.1) is 0 Å². The van der Waals surface area contributed by atoms with Gasteiger partial charge in [0.1, 0.15) is 17.4 Å². The number of ether oxygens (including phenoxy) is 1. The lowest BCUT2D eigenvalue weighted by molar-refractivity contribution is -0.131. The Bertz CT molecular complexity index is 876. The molecule has 0 N–H and O–H groups in total. The first-order valence-electron chi connectivity index (χ1n) is 11.5. The fourth-order valence-electron chi connectivity index (χ4n) is 4.20. The van der Waals surface area contributed by atoms with Crippen molar-refractivity contribution in [2.24, 2.45) is 0 Å². The molecule has 0 atom stereocenters. The summed E-state index contributed by atoms with van der Waals surface area (Å²) < 4.78 is 5.38. The molecule has 0 bridgehead atoms. The summed E-state index contributed by atoms with van der Waals surface area (Å²) in [4.78, 5) is 26.3. The first kappa shape index (κ1) is 23.0. The molecule has 0 aliphatic carbocycles. The number of hydrogen-bond acceptors (Lipinski definition) is 5. The first-order chi connectivity index (χ1) is 15.0. The van der Waals surface area contributed by atoms with Gasteiger partial charge in [0.05, 0.1) is 7.11 Å². The molecule has 2 heterocycles. The molecule has 0 radical (unpaired) electrons. The van der Waals surface area contributed by atoms with Crippen LogP contribution < -0.4 is 9.64 Å². The molecule has 168 valence electrons. The minimum Gasteiger partial charge on any atom is -0.497 e. The molecule has 1 saturated heterocycles. The summed E-state index contributed by atoms with van der Waals surface area (Å²) in [6.45, 7) is 9.33. The van der Waals surface area contributed by atoms with Crippen molar-refractivity contribution in [3.8, 4) is 5.75 Å². The van der Waals surface area contributed by atoms with Crippen LogP contribution in [-0.2, 0) is 11.2 Å². The molecule has 1 aromatic heterocycles. The van der Waals surface area contributed by atoms with E-state index in [1.54, 1.807) is 7.11 Å². The minimum atomic E-state index is 0.294. The number of methoxy groups -OCH3 is 1. The van der Waals surface area contributed by atoms with E-state index >= 15 is 0 Å². The molecular weight excluding hydrogens is 388 g/mol. The molecule has 1 fully saturated rings. The van der Waals surface area contributed by atoms with Crippen molar-refractivity contribution in [3.05, 3.63) is 46.9 Å². The molecule has 2 aromatic rings. The van der Waals surface area contributed by atoms with E-state index in [1.807, 2.05) is 24.0 Å². The van der Waals surface area contributed by atoms with Crippen molar-refractivity contribution in [2.75, 3.05) is 38.2 Å². The molecule has 0 saturated carbocycles. The molecule has 0 unspecified atom stereocenters. The summed E-state index contributed by atoms with van der Waals surface area (Å²) in [5.41, 5.74) is 3.34. The number of unbranched alkanes of at least 4 members (excludes halogenated alkanes) is 3. The number of carbonyl (C=O) groups is 1. The smallest absolute Gasteiger partial charge is 0.222 e. The van der Waals surface area contributed by atoms with Gasteiger partial charge in [0.2, 0.25) is 5.91 Å². The average Bonchev–Trinajstić information content (AvgIpc) is 2.78. The SMILES string of the molecule is CCCCCCC(=O)N1CCN(c2nc(C)nc(C)c2Cc2cccc(OC)c2)CC1. The fraction of sp³-hybridized carbons (Fsp3) is 0.560. The van der Waals surface area contributed by atoms with Crippen LogP contribution in [0.4, 0.5) is 5.82 Å². The van der Waals surface area contributed by atoms with Gasteiger partial charge in [-0.3, -0.25) is 4.79 Å². The monoisotopic (exact) mass is 424 g/mol. The normalized spacial score (nSPS) is 14.1. The van der Waals surface area contributed by atoms with Gasteiger partial charge in [0.15, 0.2) is 0 Å².